The summed E-state index contributed by atoms with van der Waals surface area (Å²) >= 11 is 6.13. The van der Waals surface area contributed by atoms with E-state index in [0.29, 0.717) is 23.4 Å². The Kier molecular flexibility index (Phi) is 4.70. The second kappa shape index (κ2) is 6.74. The standard InChI is InChI=1S/C15H18BClN4O2/c1-3-9(2)19-14-13(17)7-18-15(21-14)20-11-4-5-12-10(6-11)8-23-16(12)22/h4-7,9,22H,3,8H2,1-2H3,(H2,18,19,20,21). The molecule has 3 rings (SSSR count). The minimum absolute atomic E-state index is 0.272. The van der Waals surface area contributed by atoms with Crippen molar-refractivity contribution in [1.82, 2.24) is 9.97 Å². The smallest absolute Gasteiger partial charge is 0.423 e. The van der Waals surface area contributed by atoms with Crippen LogP contribution in [0.15, 0.2) is 24.4 Å². The van der Waals surface area contributed by atoms with E-state index in [-0.39, 0.29) is 6.04 Å². The van der Waals surface area contributed by atoms with Gasteiger partial charge in [0, 0.05) is 11.7 Å². The van der Waals surface area contributed by atoms with Crippen LogP contribution in [0, 0.1) is 0 Å². The molecule has 0 saturated carbocycles. The highest BCUT2D eigenvalue weighted by atomic mass is 35.5. The molecule has 0 spiro atoms. The van der Waals surface area contributed by atoms with Crippen molar-refractivity contribution in [3.63, 3.8) is 0 Å². The molecule has 23 heavy (non-hydrogen) atoms. The Hall–Kier alpha value is -1.83. The lowest BCUT2D eigenvalue weighted by atomic mass is 9.79. The largest absolute Gasteiger partial charge is 0.491 e. The minimum atomic E-state index is -0.836. The van der Waals surface area contributed by atoms with Crippen LogP contribution >= 0.6 is 11.6 Å². The summed E-state index contributed by atoms with van der Waals surface area (Å²) in [5.74, 6) is 1.07. The third-order valence-corrected chi connectivity index (χ3v) is 4.08. The van der Waals surface area contributed by atoms with Crippen LogP contribution in [0.25, 0.3) is 0 Å². The summed E-state index contributed by atoms with van der Waals surface area (Å²) < 4.78 is 5.19. The molecule has 1 aromatic heterocycles. The van der Waals surface area contributed by atoms with Gasteiger partial charge in [-0.3, -0.25) is 0 Å². The highest BCUT2D eigenvalue weighted by Gasteiger charge is 2.27. The van der Waals surface area contributed by atoms with Crippen molar-refractivity contribution in [2.24, 2.45) is 0 Å². The molecule has 0 saturated heterocycles. The van der Waals surface area contributed by atoms with Crippen LogP contribution in [0.4, 0.5) is 17.5 Å². The second-order valence-corrected chi connectivity index (χ2v) is 5.95. The van der Waals surface area contributed by atoms with E-state index < -0.39 is 7.12 Å². The Morgan fingerprint density at radius 1 is 1.48 bits per heavy atom. The monoisotopic (exact) mass is 332 g/mol. The molecular formula is C15H18BClN4O2. The highest BCUT2D eigenvalue weighted by molar-refractivity contribution is 6.61. The maximum atomic E-state index is 9.65. The van der Waals surface area contributed by atoms with Crippen LogP contribution in [0.5, 0.6) is 0 Å². The molecule has 0 fully saturated rings. The first-order valence-electron chi connectivity index (χ1n) is 7.55. The van der Waals surface area contributed by atoms with Gasteiger partial charge in [-0.2, -0.15) is 4.98 Å². The van der Waals surface area contributed by atoms with Crippen molar-refractivity contribution >= 4 is 41.6 Å². The first-order valence-corrected chi connectivity index (χ1v) is 7.93. The summed E-state index contributed by atoms with van der Waals surface area (Å²) in [6, 6.07) is 5.89. The van der Waals surface area contributed by atoms with E-state index >= 15 is 0 Å². The van der Waals surface area contributed by atoms with Crippen LogP contribution in [0.2, 0.25) is 5.02 Å². The molecule has 0 aliphatic carbocycles. The van der Waals surface area contributed by atoms with E-state index in [1.54, 1.807) is 6.20 Å². The zero-order chi connectivity index (χ0) is 16.4. The molecule has 0 amide bonds. The first kappa shape index (κ1) is 16.0. The van der Waals surface area contributed by atoms with Gasteiger partial charge < -0.3 is 20.3 Å². The SMILES string of the molecule is CCC(C)Nc1nc(Nc2ccc3c(c2)COB3O)ncc1Cl. The molecule has 3 N–H and O–H groups in total. The lowest BCUT2D eigenvalue weighted by molar-refractivity contribution is 0.275. The van der Waals surface area contributed by atoms with Crippen molar-refractivity contribution in [1.29, 1.82) is 0 Å². The van der Waals surface area contributed by atoms with Crippen LogP contribution in [0.3, 0.4) is 0 Å². The maximum Gasteiger partial charge on any atom is 0.491 e. The zero-order valence-corrected chi connectivity index (χ0v) is 13.8. The number of halogens is 1. The molecule has 1 atom stereocenters. The Balaban J connectivity index is 1.79. The Morgan fingerprint density at radius 3 is 3.09 bits per heavy atom. The lowest BCUT2D eigenvalue weighted by Crippen LogP contribution is -2.27. The minimum Gasteiger partial charge on any atom is -0.423 e. The normalized spacial score (nSPS) is 14.5. The van der Waals surface area contributed by atoms with Gasteiger partial charge in [0.15, 0.2) is 5.82 Å². The fourth-order valence-corrected chi connectivity index (χ4v) is 2.45. The van der Waals surface area contributed by atoms with E-state index in [0.717, 1.165) is 23.1 Å². The number of benzene rings is 1. The lowest BCUT2D eigenvalue weighted by Gasteiger charge is -2.14. The van der Waals surface area contributed by atoms with Gasteiger partial charge in [0.05, 0.1) is 12.8 Å². The third-order valence-electron chi connectivity index (χ3n) is 3.80. The maximum absolute atomic E-state index is 9.65. The van der Waals surface area contributed by atoms with Gasteiger partial charge in [0.1, 0.15) is 5.02 Å². The van der Waals surface area contributed by atoms with Gasteiger partial charge in [-0.1, -0.05) is 24.6 Å². The van der Waals surface area contributed by atoms with Crippen molar-refractivity contribution in [3.05, 3.63) is 35.0 Å². The van der Waals surface area contributed by atoms with Crippen molar-refractivity contribution < 1.29 is 9.68 Å². The van der Waals surface area contributed by atoms with E-state index in [9.17, 15) is 5.02 Å². The summed E-state index contributed by atoms with van der Waals surface area (Å²) in [6.45, 7) is 4.55. The molecule has 120 valence electrons. The Bertz CT molecular complexity index is 716. The number of nitrogens with one attached hydrogen (secondary N) is 2. The van der Waals surface area contributed by atoms with E-state index in [4.69, 9.17) is 16.3 Å². The molecule has 2 heterocycles. The van der Waals surface area contributed by atoms with Crippen molar-refractivity contribution in [2.45, 2.75) is 32.9 Å². The number of hydrogen-bond acceptors (Lipinski definition) is 6. The fraction of sp³-hybridized carbons (Fsp3) is 0.333. The molecule has 8 heteroatoms. The molecule has 6 nitrogen and oxygen atoms in total. The number of anilines is 3. The molecule has 0 radical (unpaired) electrons. The number of nitrogens with zero attached hydrogens (tertiary/aromatic N) is 2. The van der Waals surface area contributed by atoms with Gasteiger partial charge in [0.25, 0.3) is 0 Å². The average molecular weight is 333 g/mol. The van der Waals surface area contributed by atoms with Gasteiger partial charge in [-0.05, 0) is 36.5 Å². The molecule has 1 unspecified atom stereocenters. The van der Waals surface area contributed by atoms with Crippen molar-refractivity contribution in [3.8, 4) is 0 Å². The summed E-state index contributed by atoms with van der Waals surface area (Å²) in [6.07, 6.45) is 2.54. The Morgan fingerprint density at radius 2 is 2.30 bits per heavy atom. The summed E-state index contributed by atoms with van der Waals surface area (Å²) in [5.41, 5.74) is 2.58. The Labute approximate surface area is 140 Å². The summed E-state index contributed by atoms with van der Waals surface area (Å²) in [5, 5.41) is 16.5. The third kappa shape index (κ3) is 3.58. The van der Waals surface area contributed by atoms with Crippen molar-refractivity contribution in [2.75, 3.05) is 10.6 Å². The quantitative estimate of drug-likeness (QED) is 0.729. The number of fused-ring (bicyclic) bond motifs is 1. The van der Waals surface area contributed by atoms with Crippen LogP contribution in [-0.4, -0.2) is 28.2 Å². The van der Waals surface area contributed by atoms with Gasteiger partial charge in [0.2, 0.25) is 5.95 Å². The van der Waals surface area contributed by atoms with E-state index in [1.165, 1.54) is 0 Å². The van der Waals surface area contributed by atoms with Crippen LogP contribution in [-0.2, 0) is 11.3 Å². The zero-order valence-electron chi connectivity index (χ0n) is 13.0. The van der Waals surface area contributed by atoms with Gasteiger partial charge in [-0.25, -0.2) is 4.98 Å². The number of hydrogen-bond donors (Lipinski definition) is 3. The predicted molar refractivity (Wildman–Crippen MR) is 92.5 cm³/mol. The van der Waals surface area contributed by atoms with Gasteiger partial charge in [-0.15, -0.1) is 0 Å². The van der Waals surface area contributed by atoms with E-state index in [2.05, 4.69) is 34.4 Å². The topological polar surface area (TPSA) is 79.3 Å². The molecular weight excluding hydrogens is 314 g/mol. The highest BCUT2D eigenvalue weighted by Crippen LogP contribution is 2.23. The summed E-state index contributed by atoms with van der Waals surface area (Å²) in [4.78, 5) is 8.62. The predicted octanol–water partition coefficient (Wildman–Crippen LogP) is 2.30. The first-order chi connectivity index (χ1) is 11.1. The molecule has 2 aromatic rings. The van der Waals surface area contributed by atoms with Crippen LogP contribution in [0.1, 0.15) is 25.8 Å². The molecule has 1 aliphatic rings. The molecule has 1 aromatic carbocycles. The summed E-state index contributed by atoms with van der Waals surface area (Å²) in [7, 11) is -0.836. The fourth-order valence-electron chi connectivity index (χ4n) is 2.30. The number of rotatable bonds is 5. The number of aromatic nitrogens is 2. The second-order valence-electron chi connectivity index (χ2n) is 5.55. The average Bonchev–Trinajstić information content (AvgIpc) is 2.91. The molecule has 0 bridgehead atoms. The molecule has 1 aliphatic heterocycles. The van der Waals surface area contributed by atoms with Gasteiger partial charge >= 0.3 is 7.12 Å². The van der Waals surface area contributed by atoms with Crippen LogP contribution < -0.4 is 16.1 Å². The van der Waals surface area contributed by atoms with E-state index in [1.807, 2.05) is 18.2 Å².